The third kappa shape index (κ3) is 5.25. The summed E-state index contributed by atoms with van der Waals surface area (Å²) in [4.78, 5) is 27.7. The molecule has 172 valence electrons. The first-order chi connectivity index (χ1) is 15.4. The zero-order chi connectivity index (χ0) is 23.3. The molecule has 1 heterocycles. The van der Waals surface area contributed by atoms with Gasteiger partial charge in [-0.2, -0.15) is 0 Å². The molecule has 3 rings (SSSR count). The second-order valence-corrected chi connectivity index (χ2v) is 8.03. The van der Waals surface area contributed by atoms with Crippen LogP contribution in [0.4, 0.5) is 10.5 Å². The molecule has 0 saturated carbocycles. The minimum atomic E-state index is -0.644. The third-order valence-corrected chi connectivity index (χ3v) is 5.60. The van der Waals surface area contributed by atoms with E-state index in [1.807, 2.05) is 26.0 Å². The normalized spacial score (nSPS) is 13.8. The topological polar surface area (TPSA) is 89.1 Å². The maximum absolute atomic E-state index is 13.3. The molecule has 0 bridgehead atoms. The molecular weight excluding hydrogens is 410 g/mol. The summed E-state index contributed by atoms with van der Waals surface area (Å²) in [5.74, 6) is 1.84. The van der Waals surface area contributed by atoms with Crippen molar-refractivity contribution < 1.29 is 23.8 Å². The van der Waals surface area contributed by atoms with E-state index in [2.05, 4.69) is 10.6 Å². The molecule has 2 aromatic carbocycles. The highest BCUT2D eigenvalue weighted by Gasteiger charge is 2.31. The minimum Gasteiger partial charge on any atom is -0.497 e. The van der Waals surface area contributed by atoms with Crippen molar-refractivity contribution in [1.82, 2.24) is 10.2 Å². The van der Waals surface area contributed by atoms with Crippen molar-refractivity contribution in [1.29, 1.82) is 0 Å². The molecule has 1 atom stereocenters. The summed E-state index contributed by atoms with van der Waals surface area (Å²) in [6, 6.07) is 9.82. The number of nitrogens with zero attached hydrogens (tertiary/aromatic N) is 1. The van der Waals surface area contributed by atoms with Crippen LogP contribution in [-0.2, 0) is 17.8 Å². The number of carbonyl (C=O) groups is 2. The van der Waals surface area contributed by atoms with Crippen LogP contribution in [-0.4, -0.2) is 50.8 Å². The Bertz CT molecular complexity index is 959. The Balaban J connectivity index is 1.69. The zero-order valence-corrected chi connectivity index (χ0v) is 19.2. The van der Waals surface area contributed by atoms with Gasteiger partial charge in [-0.25, -0.2) is 4.79 Å². The van der Waals surface area contributed by atoms with E-state index in [1.54, 1.807) is 50.5 Å². The Kier molecular flexibility index (Phi) is 7.45. The number of amides is 3. The molecule has 1 aliphatic rings. The Morgan fingerprint density at radius 1 is 0.938 bits per heavy atom. The summed E-state index contributed by atoms with van der Waals surface area (Å²) in [6.07, 6.45) is 0.713. The average Bonchev–Trinajstić information content (AvgIpc) is 2.81. The fourth-order valence-electron chi connectivity index (χ4n) is 3.76. The van der Waals surface area contributed by atoms with Gasteiger partial charge in [0, 0.05) is 18.8 Å². The second kappa shape index (κ2) is 10.3. The van der Waals surface area contributed by atoms with Gasteiger partial charge < -0.3 is 29.7 Å². The Labute approximate surface area is 188 Å². The third-order valence-electron chi connectivity index (χ3n) is 5.60. The van der Waals surface area contributed by atoms with Crippen molar-refractivity contribution in [2.24, 2.45) is 5.92 Å². The predicted octanol–water partition coefficient (Wildman–Crippen LogP) is 3.44. The van der Waals surface area contributed by atoms with Crippen LogP contribution in [0.5, 0.6) is 17.2 Å². The van der Waals surface area contributed by atoms with Gasteiger partial charge in [0.1, 0.15) is 11.8 Å². The lowest BCUT2D eigenvalue weighted by atomic mass is 9.96. The van der Waals surface area contributed by atoms with Crippen LogP contribution in [0.2, 0.25) is 0 Å². The fraction of sp³-hybridized carbons (Fsp3) is 0.417. The molecule has 3 amide bonds. The first-order valence-electron chi connectivity index (χ1n) is 10.6. The maximum Gasteiger partial charge on any atom is 0.319 e. The summed E-state index contributed by atoms with van der Waals surface area (Å²) in [7, 11) is 4.79. The van der Waals surface area contributed by atoms with E-state index in [-0.39, 0.29) is 11.8 Å². The van der Waals surface area contributed by atoms with Crippen LogP contribution in [0, 0.1) is 5.92 Å². The van der Waals surface area contributed by atoms with Crippen molar-refractivity contribution in [3.05, 3.63) is 47.5 Å². The van der Waals surface area contributed by atoms with Gasteiger partial charge in [0.15, 0.2) is 11.5 Å². The summed E-state index contributed by atoms with van der Waals surface area (Å²) in [5, 5.41) is 5.61. The van der Waals surface area contributed by atoms with Gasteiger partial charge in [-0.05, 0) is 59.9 Å². The summed E-state index contributed by atoms with van der Waals surface area (Å²) in [5.41, 5.74) is 2.77. The number of carbonyl (C=O) groups excluding carboxylic acids is 2. The molecule has 1 unspecified atom stereocenters. The molecule has 0 spiro atoms. The molecule has 8 nitrogen and oxygen atoms in total. The van der Waals surface area contributed by atoms with Crippen LogP contribution in [0.3, 0.4) is 0 Å². The monoisotopic (exact) mass is 441 g/mol. The summed E-state index contributed by atoms with van der Waals surface area (Å²) in [6.45, 7) is 4.87. The number of rotatable bonds is 7. The van der Waals surface area contributed by atoms with E-state index < -0.39 is 12.1 Å². The second-order valence-electron chi connectivity index (χ2n) is 8.03. The minimum absolute atomic E-state index is 0.0732. The molecule has 0 radical (unpaired) electrons. The van der Waals surface area contributed by atoms with Gasteiger partial charge in [0.05, 0.1) is 21.3 Å². The predicted molar refractivity (Wildman–Crippen MR) is 122 cm³/mol. The summed E-state index contributed by atoms with van der Waals surface area (Å²) >= 11 is 0. The Hall–Kier alpha value is -3.42. The van der Waals surface area contributed by atoms with Crippen LogP contribution in [0.25, 0.3) is 0 Å². The lowest BCUT2D eigenvalue weighted by molar-refractivity contribution is -0.135. The largest absolute Gasteiger partial charge is 0.497 e. The standard InChI is InChI=1S/C24H31N3O5/c1-15(2)22(26-24(29)25-18-6-8-19(30-3)9-7-18)23(28)27-11-10-16-12-20(31-4)21(32-5)13-17(16)14-27/h6-9,12-13,15,22H,10-11,14H2,1-5H3,(H2,25,26,29). The lowest BCUT2D eigenvalue weighted by Gasteiger charge is -2.33. The molecule has 0 aliphatic carbocycles. The van der Waals surface area contributed by atoms with E-state index in [1.165, 1.54) is 0 Å². The number of ether oxygens (including phenoxy) is 3. The fourth-order valence-corrected chi connectivity index (χ4v) is 3.76. The smallest absolute Gasteiger partial charge is 0.319 e. The van der Waals surface area contributed by atoms with Crippen molar-refractivity contribution in [3.63, 3.8) is 0 Å². The maximum atomic E-state index is 13.3. The van der Waals surface area contributed by atoms with E-state index in [0.29, 0.717) is 42.4 Å². The van der Waals surface area contributed by atoms with Gasteiger partial charge in [-0.15, -0.1) is 0 Å². The van der Waals surface area contributed by atoms with E-state index in [0.717, 1.165) is 11.1 Å². The Morgan fingerprint density at radius 3 is 2.12 bits per heavy atom. The number of urea groups is 1. The molecule has 2 N–H and O–H groups in total. The van der Waals surface area contributed by atoms with Crippen molar-refractivity contribution >= 4 is 17.6 Å². The molecule has 32 heavy (non-hydrogen) atoms. The van der Waals surface area contributed by atoms with Gasteiger partial charge in [0.2, 0.25) is 5.91 Å². The number of anilines is 1. The van der Waals surface area contributed by atoms with E-state index in [9.17, 15) is 9.59 Å². The van der Waals surface area contributed by atoms with E-state index >= 15 is 0 Å². The van der Waals surface area contributed by atoms with Gasteiger partial charge in [-0.3, -0.25) is 4.79 Å². The summed E-state index contributed by atoms with van der Waals surface area (Å²) < 4.78 is 15.9. The molecule has 2 aromatic rings. The highest BCUT2D eigenvalue weighted by atomic mass is 16.5. The zero-order valence-electron chi connectivity index (χ0n) is 19.2. The van der Waals surface area contributed by atoms with Crippen LogP contribution >= 0.6 is 0 Å². The quantitative estimate of drug-likeness (QED) is 0.687. The van der Waals surface area contributed by atoms with Crippen molar-refractivity contribution in [2.45, 2.75) is 32.9 Å². The molecule has 8 heteroatoms. The number of benzene rings is 2. The highest BCUT2D eigenvalue weighted by molar-refractivity contribution is 5.94. The Morgan fingerprint density at radius 2 is 1.56 bits per heavy atom. The van der Waals surface area contributed by atoms with Gasteiger partial charge in [-0.1, -0.05) is 13.8 Å². The van der Waals surface area contributed by atoms with Crippen molar-refractivity contribution in [3.8, 4) is 17.2 Å². The first-order valence-corrected chi connectivity index (χ1v) is 10.6. The number of fused-ring (bicyclic) bond motifs is 1. The number of methoxy groups -OCH3 is 3. The van der Waals surface area contributed by atoms with Crippen LogP contribution in [0.1, 0.15) is 25.0 Å². The molecule has 1 aliphatic heterocycles. The van der Waals surface area contributed by atoms with Gasteiger partial charge in [0.25, 0.3) is 0 Å². The van der Waals surface area contributed by atoms with Crippen LogP contribution in [0.15, 0.2) is 36.4 Å². The lowest BCUT2D eigenvalue weighted by Crippen LogP contribution is -2.53. The number of hydrogen-bond acceptors (Lipinski definition) is 5. The van der Waals surface area contributed by atoms with Crippen molar-refractivity contribution in [2.75, 3.05) is 33.2 Å². The van der Waals surface area contributed by atoms with Crippen LogP contribution < -0.4 is 24.8 Å². The van der Waals surface area contributed by atoms with Gasteiger partial charge >= 0.3 is 6.03 Å². The number of nitrogens with one attached hydrogen (secondary N) is 2. The molecule has 0 fully saturated rings. The molecule has 0 saturated heterocycles. The average molecular weight is 442 g/mol. The number of hydrogen-bond donors (Lipinski definition) is 2. The van der Waals surface area contributed by atoms with E-state index in [4.69, 9.17) is 14.2 Å². The molecular formula is C24H31N3O5. The SMILES string of the molecule is COc1ccc(NC(=O)NC(C(=O)N2CCc3cc(OC)c(OC)cc3C2)C(C)C)cc1. The first kappa shape index (κ1) is 23.2. The molecule has 0 aromatic heterocycles. The highest BCUT2D eigenvalue weighted by Crippen LogP contribution is 2.33.